The quantitative estimate of drug-likeness (QED) is 0.598. The summed E-state index contributed by atoms with van der Waals surface area (Å²) in [7, 11) is 0. The van der Waals surface area contributed by atoms with Crippen LogP contribution in [0.25, 0.3) is 5.69 Å². The second-order valence-electron chi connectivity index (χ2n) is 5.80. The van der Waals surface area contributed by atoms with Gasteiger partial charge in [0.15, 0.2) is 4.77 Å². The van der Waals surface area contributed by atoms with Crippen molar-refractivity contribution in [3.8, 4) is 11.6 Å². The first kappa shape index (κ1) is 18.8. The fourth-order valence-electron chi connectivity index (χ4n) is 2.69. The lowest BCUT2D eigenvalue weighted by atomic mass is 10.3. The Labute approximate surface area is 160 Å². The predicted molar refractivity (Wildman–Crippen MR) is 104 cm³/mol. The Morgan fingerprint density at radius 1 is 1.38 bits per heavy atom. The summed E-state index contributed by atoms with van der Waals surface area (Å²) in [5.74, 6) is -0.267. The minimum atomic E-state index is -0.485. The lowest BCUT2D eigenvalue weighted by molar-refractivity contribution is 0.0395. The monoisotopic (exact) mass is 394 g/mol. The van der Waals surface area contributed by atoms with E-state index in [1.54, 1.807) is 24.3 Å². The van der Waals surface area contributed by atoms with Crippen LogP contribution in [0.1, 0.15) is 5.56 Å². The lowest BCUT2D eigenvalue weighted by Gasteiger charge is -2.25. The van der Waals surface area contributed by atoms with Crippen molar-refractivity contribution in [3.63, 3.8) is 0 Å². The number of aliphatic imine (C=N–C) groups is 1. The van der Waals surface area contributed by atoms with Gasteiger partial charge in [-0.05, 0) is 30.4 Å². The van der Waals surface area contributed by atoms with Crippen molar-refractivity contribution in [1.29, 1.82) is 0 Å². The summed E-state index contributed by atoms with van der Waals surface area (Å²) in [6.45, 7) is 4.49. The zero-order chi connectivity index (χ0) is 18.5. The van der Waals surface area contributed by atoms with Crippen LogP contribution in [0, 0.1) is 4.77 Å². The van der Waals surface area contributed by atoms with E-state index in [0.717, 1.165) is 32.8 Å². The Morgan fingerprint density at radius 2 is 2.15 bits per heavy atom. The van der Waals surface area contributed by atoms with Gasteiger partial charge in [-0.25, -0.2) is 0 Å². The highest BCUT2D eigenvalue weighted by atomic mass is 35.5. The first-order valence-electron chi connectivity index (χ1n) is 8.20. The molecule has 1 aliphatic rings. The Hall–Kier alpha value is -2.00. The number of ether oxygens (including phenoxy) is 1. The molecule has 1 aromatic heterocycles. The average molecular weight is 395 g/mol. The summed E-state index contributed by atoms with van der Waals surface area (Å²) in [6, 6.07) is 6.83. The Bertz CT molecular complexity index is 919. The molecule has 138 valence electrons. The van der Waals surface area contributed by atoms with Crippen molar-refractivity contribution in [3.05, 3.63) is 50.0 Å². The summed E-state index contributed by atoms with van der Waals surface area (Å²) < 4.78 is 6.74. The van der Waals surface area contributed by atoms with Crippen molar-refractivity contribution >= 4 is 30.0 Å². The van der Waals surface area contributed by atoms with Crippen LogP contribution in [0.5, 0.6) is 5.88 Å². The predicted octanol–water partition coefficient (Wildman–Crippen LogP) is 2.01. The zero-order valence-corrected chi connectivity index (χ0v) is 15.6. The number of morpholine rings is 1. The molecule has 0 amide bonds. The smallest absolute Gasteiger partial charge is 0.264 e. The molecule has 1 saturated heterocycles. The van der Waals surface area contributed by atoms with Gasteiger partial charge in [-0.2, -0.15) is 0 Å². The van der Waals surface area contributed by atoms with E-state index in [4.69, 9.17) is 28.6 Å². The van der Waals surface area contributed by atoms with Crippen molar-refractivity contribution in [2.75, 3.05) is 39.4 Å². The topological polar surface area (TPSA) is 82.8 Å². The minimum absolute atomic E-state index is 0.0561. The zero-order valence-electron chi connectivity index (χ0n) is 14.0. The molecule has 2 aromatic rings. The van der Waals surface area contributed by atoms with Gasteiger partial charge in [0, 0.05) is 30.9 Å². The van der Waals surface area contributed by atoms with Gasteiger partial charge in [-0.3, -0.25) is 24.2 Å². The number of nitrogens with zero attached hydrogens (tertiary/aromatic N) is 3. The molecule has 0 saturated carbocycles. The number of aromatic hydroxyl groups is 1. The maximum Gasteiger partial charge on any atom is 0.264 e. The van der Waals surface area contributed by atoms with Gasteiger partial charge < -0.3 is 9.84 Å². The summed E-state index contributed by atoms with van der Waals surface area (Å²) in [4.78, 5) is 21.2. The maximum atomic E-state index is 12.2. The van der Waals surface area contributed by atoms with Crippen molar-refractivity contribution in [1.82, 2.24) is 14.5 Å². The van der Waals surface area contributed by atoms with Crippen LogP contribution < -0.4 is 5.56 Å². The summed E-state index contributed by atoms with van der Waals surface area (Å²) in [5.41, 5.74) is 0.126. The van der Waals surface area contributed by atoms with Gasteiger partial charge in [-0.1, -0.05) is 17.7 Å². The number of hydrogen-bond acceptors (Lipinski definition) is 6. The van der Waals surface area contributed by atoms with Crippen LogP contribution in [-0.2, 0) is 4.74 Å². The highest BCUT2D eigenvalue weighted by molar-refractivity contribution is 7.71. The number of rotatable bonds is 5. The minimum Gasteiger partial charge on any atom is -0.494 e. The summed E-state index contributed by atoms with van der Waals surface area (Å²) >= 11 is 11.2. The van der Waals surface area contributed by atoms with Gasteiger partial charge >= 0.3 is 0 Å². The van der Waals surface area contributed by atoms with Crippen LogP contribution in [-0.4, -0.2) is 65.2 Å². The van der Waals surface area contributed by atoms with E-state index < -0.39 is 5.56 Å². The van der Waals surface area contributed by atoms with Gasteiger partial charge in [0.25, 0.3) is 5.56 Å². The number of halogens is 1. The van der Waals surface area contributed by atoms with E-state index >= 15 is 0 Å². The molecule has 0 unspecified atom stereocenters. The van der Waals surface area contributed by atoms with Crippen molar-refractivity contribution in [2.24, 2.45) is 4.99 Å². The molecule has 1 fully saturated rings. The van der Waals surface area contributed by atoms with E-state index in [-0.39, 0.29) is 16.2 Å². The molecule has 1 aliphatic heterocycles. The van der Waals surface area contributed by atoms with Crippen LogP contribution in [0.15, 0.2) is 34.1 Å². The number of H-pyrrole nitrogens is 1. The SMILES string of the molecule is O=c1[nH]c(=S)n(-c2cccc(Cl)c2)c(O)c1C=NCCN1CCOCC1. The normalized spacial score (nSPS) is 15.6. The van der Waals surface area contributed by atoms with Crippen LogP contribution >= 0.6 is 23.8 Å². The molecule has 7 nitrogen and oxygen atoms in total. The maximum absolute atomic E-state index is 12.2. The van der Waals surface area contributed by atoms with Gasteiger partial charge in [-0.15, -0.1) is 0 Å². The molecule has 9 heteroatoms. The van der Waals surface area contributed by atoms with Crippen molar-refractivity contribution in [2.45, 2.75) is 0 Å². The molecule has 1 aromatic carbocycles. The summed E-state index contributed by atoms with van der Waals surface area (Å²) in [6.07, 6.45) is 1.38. The van der Waals surface area contributed by atoms with E-state index in [1.165, 1.54) is 10.8 Å². The Morgan fingerprint density at radius 3 is 2.88 bits per heavy atom. The molecule has 0 spiro atoms. The molecular formula is C17H19ClN4O3S. The second kappa shape index (κ2) is 8.59. The number of hydrogen-bond donors (Lipinski definition) is 2. The first-order chi connectivity index (χ1) is 12.6. The van der Waals surface area contributed by atoms with Crippen LogP contribution in [0.2, 0.25) is 5.02 Å². The number of benzene rings is 1. The van der Waals surface area contributed by atoms with Gasteiger partial charge in [0.2, 0.25) is 5.88 Å². The number of nitrogens with one attached hydrogen (secondary N) is 1. The Kier molecular flexibility index (Phi) is 6.20. The first-order valence-corrected chi connectivity index (χ1v) is 8.99. The highest BCUT2D eigenvalue weighted by Gasteiger charge is 2.13. The fraction of sp³-hybridized carbons (Fsp3) is 0.353. The van der Waals surface area contributed by atoms with E-state index in [0.29, 0.717) is 17.3 Å². The van der Waals surface area contributed by atoms with Crippen LogP contribution in [0.4, 0.5) is 0 Å². The summed E-state index contributed by atoms with van der Waals surface area (Å²) in [5, 5.41) is 11.1. The van der Waals surface area contributed by atoms with E-state index in [9.17, 15) is 9.90 Å². The third kappa shape index (κ3) is 4.39. The molecule has 26 heavy (non-hydrogen) atoms. The molecule has 2 heterocycles. The average Bonchev–Trinajstić information content (AvgIpc) is 2.61. The van der Waals surface area contributed by atoms with Crippen molar-refractivity contribution < 1.29 is 9.84 Å². The second-order valence-corrected chi connectivity index (χ2v) is 6.62. The molecule has 3 rings (SSSR count). The molecule has 0 radical (unpaired) electrons. The van der Waals surface area contributed by atoms with Gasteiger partial charge in [0.1, 0.15) is 5.56 Å². The third-order valence-electron chi connectivity index (χ3n) is 4.06. The molecular weight excluding hydrogens is 376 g/mol. The fourth-order valence-corrected chi connectivity index (χ4v) is 3.16. The third-order valence-corrected chi connectivity index (χ3v) is 4.58. The van der Waals surface area contributed by atoms with Gasteiger partial charge in [0.05, 0.1) is 25.4 Å². The molecule has 0 bridgehead atoms. The number of aromatic nitrogens is 2. The molecule has 2 N–H and O–H groups in total. The molecule has 0 aliphatic carbocycles. The van der Waals surface area contributed by atoms with E-state index in [1.807, 2.05) is 0 Å². The Balaban J connectivity index is 1.83. The highest BCUT2D eigenvalue weighted by Crippen LogP contribution is 2.21. The molecule has 0 atom stereocenters. The standard InChI is InChI=1S/C17H19ClN4O3S/c18-12-2-1-3-13(10-12)22-16(24)14(15(23)20-17(22)26)11-19-4-5-21-6-8-25-9-7-21/h1-3,10-11,24H,4-9H2,(H,20,23,26). The number of aromatic amines is 1. The largest absolute Gasteiger partial charge is 0.494 e. The van der Waals surface area contributed by atoms with E-state index in [2.05, 4.69) is 14.9 Å². The lowest BCUT2D eigenvalue weighted by Crippen LogP contribution is -2.37. The van der Waals surface area contributed by atoms with Crippen LogP contribution in [0.3, 0.4) is 0 Å².